The van der Waals surface area contributed by atoms with Crippen molar-refractivity contribution in [3.8, 4) is 17.1 Å². The molecule has 3 aromatic carbocycles. The minimum absolute atomic E-state index is 0.00512. The third kappa shape index (κ3) is 4.08. The molecule has 5 rings (SSSR count). The van der Waals surface area contributed by atoms with Crippen LogP contribution in [0.2, 0.25) is 0 Å². The van der Waals surface area contributed by atoms with Gasteiger partial charge in [-0.2, -0.15) is 0 Å². The number of aromatic nitrogens is 2. The molecule has 0 radical (unpaired) electrons. The molecule has 1 aliphatic carbocycles. The van der Waals surface area contributed by atoms with Crippen LogP contribution in [0.25, 0.3) is 22.4 Å². The van der Waals surface area contributed by atoms with E-state index in [-0.39, 0.29) is 6.04 Å². The molecule has 31 heavy (non-hydrogen) atoms. The van der Waals surface area contributed by atoms with Gasteiger partial charge in [0.2, 0.25) is 0 Å². The Morgan fingerprint density at radius 3 is 2.45 bits per heavy atom. The van der Waals surface area contributed by atoms with Crippen molar-refractivity contribution < 1.29 is 4.74 Å². The van der Waals surface area contributed by atoms with Crippen molar-refractivity contribution in [2.75, 3.05) is 0 Å². The molecule has 4 aromatic rings. The van der Waals surface area contributed by atoms with Crippen molar-refractivity contribution in [1.29, 1.82) is 0 Å². The third-order valence-corrected chi connectivity index (χ3v) is 6.29. The zero-order chi connectivity index (χ0) is 21.2. The van der Waals surface area contributed by atoms with Crippen LogP contribution in [0.3, 0.4) is 0 Å². The molecule has 1 unspecified atom stereocenters. The first-order chi connectivity index (χ1) is 15.2. The fourth-order valence-corrected chi connectivity index (χ4v) is 4.58. The van der Waals surface area contributed by atoms with Crippen LogP contribution in [-0.2, 0) is 6.61 Å². The van der Waals surface area contributed by atoms with Crippen LogP contribution >= 0.6 is 0 Å². The summed E-state index contributed by atoms with van der Waals surface area (Å²) in [5.74, 6) is 1.91. The molecule has 0 bridgehead atoms. The lowest BCUT2D eigenvalue weighted by atomic mass is 10.1. The average Bonchev–Trinajstić information content (AvgIpc) is 3.46. The Labute approximate surface area is 183 Å². The second kappa shape index (κ2) is 8.56. The number of nitrogens with zero attached hydrogens (tertiary/aromatic N) is 2. The van der Waals surface area contributed by atoms with Crippen LogP contribution < -0.4 is 10.5 Å². The molecule has 0 amide bonds. The first-order valence-corrected chi connectivity index (χ1v) is 11.2. The van der Waals surface area contributed by atoms with Crippen molar-refractivity contribution in [3.63, 3.8) is 0 Å². The van der Waals surface area contributed by atoms with Crippen LogP contribution in [0.4, 0.5) is 0 Å². The van der Waals surface area contributed by atoms with Crippen molar-refractivity contribution >= 4 is 11.0 Å². The zero-order valence-corrected chi connectivity index (χ0v) is 18.0. The lowest BCUT2D eigenvalue weighted by molar-refractivity contribution is 0.306. The summed E-state index contributed by atoms with van der Waals surface area (Å²) in [5.41, 5.74) is 11.8. The first kappa shape index (κ1) is 19.8. The lowest BCUT2D eigenvalue weighted by Gasteiger charge is -2.17. The molecular weight excluding hydrogens is 382 g/mol. The summed E-state index contributed by atoms with van der Waals surface area (Å²) < 4.78 is 8.42. The Balaban J connectivity index is 1.47. The first-order valence-electron chi connectivity index (χ1n) is 11.2. The van der Waals surface area contributed by atoms with Gasteiger partial charge in [-0.1, -0.05) is 49.2 Å². The Bertz CT molecular complexity index is 1160. The van der Waals surface area contributed by atoms with E-state index >= 15 is 0 Å². The molecule has 4 nitrogen and oxygen atoms in total. The maximum absolute atomic E-state index is 6.12. The maximum Gasteiger partial charge on any atom is 0.141 e. The largest absolute Gasteiger partial charge is 0.489 e. The number of imidazole rings is 1. The van der Waals surface area contributed by atoms with Gasteiger partial charge in [0.05, 0.1) is 11.0 Å². The number of hydrogen-bond acceptors (Lipinski definition) is 3. The minimum Gasteiger partial charge on any atom is -0.489 e. The molecule has 1 heterocycles. The van der Waals surface area contributed by atoms with Gasteiger partial charge >= 0.3 is 0 Å². The van der Waals surface area contributed by atoms with Gasteiger partial charge < -0.3 is 15.0 Å². The summed E-state index contributed by atoms with van der Waals surface area (Å²) in [7, 11) is 0. The Kier molecular flexibility index (Phi) is 5.47. The zero-order valence-electron chi connectivity index (χ0n) is 18.0. The van der Waals surface area contributed by atoms with Gasteiger partial charge in [-0.3, -0.25) is 0 Å². The quantitative estimate of drug-likeness (QED) is 0.398. The highest BCUT2D eigenvalue weighted by molar-refractivity contribution is 5.82. The molecule has 1 aromatic heterocycles. The fraction of sp³-hybridized carbons (Fsp3) is 0.296. The van der Waals surface area contributed by atoms with E-state index in [4.69, 9.17) is 15.5 Å². The molecule has 1 fully saturated rings. The third-order valence-electron chi connectivity index (χ3n) is 6.29. The average molecular weight is 412 g/mol. The van der Waals surface area contributed by atoms with E-state index in [0.29, 0.717) is 12.6 Å². The van der Waals surface area contributed by atoms with Gasteiger partial charge in [-0.25, -0.2) is 4.98 Å². The van der Waals surface area contributed by atoms with Crippen molar-refractivity contribution in [1.82, 2.24) is 9.55 Å². The molecule has 1 aliphatic rings. The number of hydrogen-bond donors (Lipinski definition) is 1. The van der Waals surface area contributed by atoms with Crippen LogP contribution in [0, 0.1) is 0 Å². The van der Waals surface area contributed by atoms with Crippen LogP contribution in [0.15, 0.2) is 72.8 Å². The van der Waals surface area contributed by atoms with Crippen LogP contribution in [0.1, 0.15) is 55.8 Å². The smallest absolute Gasteiger partial charge is 0.141 e. The van der Waals surface area contributed by atoms with Crippen molar-refractivity contribution in [2.24, 2.45) is 5.73 Å². The van der Waals surface area contributed by atoms with E-state index in [1.54, 1.807) is 0 Å². The van der Waals surface area contributed by atoms with Crippen LogP contribution in [-0.4, -0.2) is 9.55 Å². The summed E-state index contributed by atoms with van der Waals surface area (Å²) in [4.78, 5) is 5.06. The van der Waals surface area contributed by atoms with Gasteiger partial charge in [-0.05, 0) is 67.3 Å². The van der Waals surface area contributed by atoms with E-state index in [0.717, 1.165) is 28.2 Å². The highest BCUT2D eigenvalue weighted by Gasteiger charge is 2.23. The van der Waals surface area contributed by atoms with Gasteiger partial charge in [0.15, 0.2) is 0 Å². The molecule has 0 saturated heterocycles. The normalized spacial score (nSPS) is 15.4. The highest BCUT2D eigenvalue weighted by Crippen LogP contribution is 2.37. The summed E-state index contributed by atoms with van der Waals surface area (Å²) in [5, 5.41) is 0. The molecule has 1 saturated carbocycles. The van der Waals surface area contributed by atoms with Gasteiger partial charge in [0, 0.05) is 17.6 Å². The minimum atomic E-state index is 0.00512. The predicted molar refractivity (Wildman–Crippen MR) is 126 cm³/mol. The fourth-order valence-electron chi connectivity index (χ4n) is 4.58. The molecule has 0 aliphatic heterocycles. The molecule has 158 valence electrons. The predicted octanol–water partition coefficient (Wildman–Crippen LogP) is 6.42. The molecule has 0 spiro atoms. The SMILES string of the molecule is CC(N)c1ccc2c(c1)nc(-c1ccc(OCc3ccccc3)cc1)n2C1CCCC1. The van der Waals surface area contributed by atoms with E-state index < -0.39 is 0 Å². The van der Waals surface area contributed by atoms with Crippen molar-refractivity contribution in [2.45, 2.75) is 51.3 Å². The number of ether oxygens (including phenoxy) is 1. The number of rotatable bonds is 6. The van der Waals surface area contributed by atoms with Gasteiger partial charge in [0.25, 0.3) is 0 Å². The summed E-state index contributed by atoms with van der Waals surface area (Å²) in [6, 6.07) is 25.6. The molecule has 1 atom stereocenters. The van der Waals surface area contributed by atoms with Gasteiger partial charge in [-0.15, -0.1) is 0 Å². The standard InChI is InChI=1S/C27H29N3O/c1-19(28)22-13-16-26-25(17-22)29-27(30(26)23-9-5-6-10-23)21-11-14-24(15-12-21)31-18-20-7-3-2-4-8-20/h2-4,7-8,11-17,19,23H,5-6,9-10,18,28H2,1H3. The topological polar surface area (TPSA) is 53.1 Å². The van der Waals surface area contributed by atoms with Crippen LogP contribution in [0.5, 0.6) is 5.75 Å². The summed E-state index contributed by atoms with van der Waals surface area (Å²) >= 11 is 0. The van der Waals surface area contributed by atoms with Gasteiger partial charge in [0.1, 0.15) is 18.2 Å². The maximum atomic E-state index is 6.12. The molecule has 4 heteroatoms. The second-order valence-corrected chi connectivity index (χ2v) is 8.58. The van der Waals surface area contributed by atoms with E-state index in [1.807, 2.05) is 37.3 Å². The highest BCUT2D eigenvalue weighted by atomic mass is 16.5. The molecular formula is C27H29N3O. The summed E-state index contributed by atoms with van der Waals surface area (Å²) in [6.45, 7) is 2.59. The monoisotopic (exact) mass is 411 g/mol. The second-order valence-electron chi connectivity index (χ2n) is 8.58. The Morgan fingerprint density at radius 1 is 1.00 bits per heavy atom. The lowest BCUT2D eigenvalue weighted by Crippen LogP contribution is -2.07. The molecule has 2 N–H and O–H groups in total. The van der Waals surface area contributed by atoms with E-state index in [1.165, 1.54) is 36.8 Å². The number of nitrogens with two attached hydrogens (primary N) is 1. The number of benzene rings is 3. The van der Waals surface area contributed by atoms with E-state index in [2.05, 4.69) is 47.0 Å². The summed E-state index contributed by atoms with van der Waals surface area (Å²) in [6.07, 6.45) is 5.00. The number of fused-ring (bicyclic) bond motifs is 1. The Morgan fingerprint density at radius 2 is 1.74 bits per heavy atom. The van der Waals surface area contributed by atoms with Crippen molar-refractivity contribution in [3.05, 3.63) is 83.9 Å². The van der Waals surface area contributed by atoms with E-state index in [9.17, 15) is 0 Å². The Hall–Kier alpha value is -3.11.